The lowest BCUT2D eigenvalue weighted by Crippen LogP contribution is -2.41. The van der Waals surface area contributed by atoms with E-state index in [1.165, 1.54) is 12.1 Å². The fourth-order valence-electron chi connectivity index (χ4n) is 1.92. The molecule has 21 heavy (non-hydrogen) atoms. The van der Waals surface area contributed by atoms with E-state index in [4.69, 9.17) is 10.0 Å². The molecule has 5 nitrogen and oxygen atoms in total. The van der Waals surface area contributed by atoms with Crippen LogP contribution in [0.25, 0.3) is 0 Å². The molecule has 0 radical (unpaired) electrons. The summed E-state index contributed by atoms with van der Waals surface area (Å²) < 4.78 is 14.0. The third-order valence-electron chi connectivity index (χ3n) is 2.96. The largest absolute Gasteiger partial charge is 0.530 e. The summed E-state index contributed by atoms with van der Waals surface area (Å²) in [4.78, 5) is 12.0. The number of anilines is 1. The predicted molar refractivity (Wildman–Crippen MR) is 74.2 cm³/mol. The number of rotatable bonds is 4. The van der Waals surface area contributed by atoms with E-state index in [-0.39, 0.29) is 17.7 Å². The molecule has 0 aliphatic carbocycles. The van der Waals surface area contributed by atoms with Gasteiger partial charge in [0.1, 0.15) is 11.9 Å². The van der Waals surface area contributed by atoms with Gasteiger partial charge in [-0.15, -0.1) is 0 Å². The van der Waals surface area contributed by atoms with E-state index in [9.17, 15) is 14.3 Å². The van der Waals surface area contributed by atoms with E-state index in [0.717, 1.165) is 11.0 Å². The minimum Gasteiger partial charge on any atom is -0.530 e. The fraction of sp³-hybridized carbons (Fsp3) is 0.0714. The first-order valence-electron chi connectivity index (χ1n) is 6.17. The molecule has 0 heterocycles. The zero-order valence-corrected chi connectivity index (χ0v) is 10.9. The molecule has 0 atom stereocenters. The number of hydrogen-bond acceptors (Lipinski definition) is 4. The van der Waals surface area contributed by atoms with Crippen LogP contribution in [0.15, 0.2) is 48.5 Å². The lowest BCUT2D eigenvalue weighted by molar-refractivity contribution is -0.246. The quantitative estimate of drug-likeness (QED) is 0.767. The maximum atomic E-state index is 14.0. The normalized spacial score (nSPS) is 10.2. The highest BCUT2D eigenvalue weighted by atomic mass is 19.1. The van der Waals surface area contributed by atoms with Crippen LogP contribution in [-0.2, 0) is 6.54 Å². The number of benzene rings is 2. The van der Waals surface area contributed by atoms with Crippen molar-refractivity contribution in [2.24, 2.45) is 0 Å². The van der Waals surface area contributed by atoms with Crippen LogP contribution >= 0.6 is 0 Å². The van der Waals surface area contributed by atoms with Crippen molar-refractivity contribution in [3.63, 3.8) is 0 Å². The Bertz CT molecular complexity index is 636. The first-order chi connectivity index (χ1) is 9.99. The van der Waals surface area contributed by atoms with Gasteiger partial charge >= 0.3 is 7.12 Å². The van der Waals surface area contributed by atoms with Crippen molar-refractivity contribution in [1.82, 2.24) is 0 Å². The summed E-state index contributed by atoms with van der Waals surface area (Å²) in [7, 11) is -1.82. The highest BCUT2D eigenvalue weighted by Gasteiger charge is 2.17. The molecule has 2 aromatic carbocycles. The first kappa shape index (κ1) is 15.0. The molecule has 0 unspecified atom stereocenters. The van der Waals surface area contributed by atoms with Crippen LogP contribution in [0.1, 0.15) is 5.56 Å². The van der Waals surface area contributed by atoms with Crippen molar-refractivity contribution < 1.29 is 24.3 Å². The summed E-state index contributed by atoms with van der Waals surface area (Å²) in [5.74, 6) is -0.874. The molecule has 108 valence electrons. The molecule has 0 fully saturated rings. The average Bonchev–Trinajstić information content (AvgIpc) is 2.46. The molecule has 7 heteroatoms. The Labute approximate surface area is 121 Å². The van der Waals surface area contributed by atoms with Gasteiger partial charge in [0.25, 0.3) is 0 Å². The molecular formula is C14H12BFNO4-. The van der Waals surface area contributed by atoms with Crippen molar-refractivity contribution >= 4 is 24.4 Å². The number of amides is 1. The highest BCUT2D eigenvalue weighted by Crippen LogP contribution is 2.20. The molecule has 0 bridgehead atoms. The van der Waals surface area contributed by atoms with Gasteiger partial charge in [0.15, 0.2) is 0 Å². The second-order valence-electron chi connectivity index (χ2n) is 4.42. The van der Waals surface area contributed by atoms with Gasteiger partial charge in [-0.25, -0.2) is 4.39 Å². The van der Waals surface area contributed by atoms with E-state index in [0.29, 0.717) is 5.56 Å². The van der Waals surface area contributed by atoms with E-state index in [1.54, 1.807) is 30.3 Å². The summed E-state index contributed by atoms with van der Waals surface area (Å²) >= 11 is 0. The molecule has 0 aliphatic rings. The van der Waals surface area contributed by atoms with Crippen molar-refractivity contribution in [3.05, 3.63) is 59.9 Å². The zero-order chi connectivity index (χ0) is 15.4. The maximum Gasteiger partial charge on any atom is 0.488 e. The SMILES string of the molecule is O=C([O-])N(Cc1ccccc1)c1ccc(B(O)O)cc1F. The summed E-state index contributed by atoms with van der Waals surface area (Å²) in [5.41, 5.74) is 0.407. The fourth-order valence-corrected chi connectivity index (χ4v) is 1.92. The second kappa shape index (κ2) is 6.38. The number of hydrogen-bond donors (Lipinski definition) is 2. The van der Waals surface area contributed by atoms with Crippen molar-refractivity contribution in [2.45, 2.75) is 6.54 Å². The second-order valence-corrected chi connectivity index (χ2v) is 4.42. The Balaban J connectivity index is 2.33. The summed E-state index contributed by atoms with van der Waals surface area (Å²) in [6.45, 7) is -0.0683. The highest BCUT2D eigenvalue weighted by molar-refractivity contribution is 6.58. The molecule has 0 spiro atoms. The van der Waals surface area contributed by atoms with Crippen LogP contribution in [0.4, 0.5) is 14.9 Å². The van der Waals surface area contributed by atoms with Gasteiger partial charge in [-0.3, -0.25) is 0 Å². The molecule has 0 aliphatic heterocycles. The number of carboxylic acid groups (broad SMARTS) is 1. The third-order valence-corrected chi connectivity index (χ3v) is 2.96. The van der Waals surface area contributed by atoms with Gasteiger partial charge in [-0.2, -0.15) is 0 Å². The van der Waals surface area contributed by atoms with E-state index >= 15 is 0 Å². The summed E-state index contributed by atoms with van der Waals surface area (Å²) in [5, 5.41) is 29.2. The van der Waals surface area contributed by atoms with Crippen LogP contribution in [0, 0.1) is 5.82 Å². The minimum absolute atomic E-state index is 0.0609. The van der Waals surface area contributed by atoms with Crippen LogP contribution in [0.5, 0.6) is 0 Å². The third kappa shape index (κ3) is 3.59. The van der Waals surface area contributed by atoms with Gasteiger partial charge < -0.3 is 24.8 Å². The summed E-state index contributed by atoms with van der Waals surface area (Å²) in [6.07, 6.45) is -1.55. The Morgan fingerprint density at radius 2 is 1.86 bits per heavy atom. The Kier molecular flexibility index (Phi) is 4.57. The molecule has 1 amide bonds. The lowest BCUT2D eigenvalue weighted by Gasteiger charge is -2.26. The first-order valence-corrected chi connectivity index (χ1v) is 6.17. The van der Waals surface area contributed by atoms with Gasteiger partial charge in [0.2, 0.25) is 0 Å². The monoisotopic (exact) mass is 288 g/mol. The number of carbonyl (C=O) groups excluding carboxylic acids is 1. The molecule has 2 rings (SSSR count). The standard InChI is InChI=1S/C14H13BFNO4/c16-12-8-11(15(20)21)6-7-13(12)17(14(18)19)9-10-4-2-1-3-5-10/h1-8,20-21H,9H2,(H,18,19)/p-1. The molecule has 2 N–H and O–H groups in total. The number of carbonyl (C=O) groups is 1. The number of nitrogens with zero attached hydrogens (tertiary/aromatic N) is 1. The Morgan fingerprint density at radius 1 is 1.19 bits per heavy atom. The molecule has 0 aromatic heterocycles. The van der Waals surface area contributed by atoms with Crippen molar-refractivity contribution in [2.75, 3.05) is 4.90 Å². The van der Waals surface area contributed by atoms with Crippen molar-refractivity contribution in [1.29, 1.82) is 0 Å². The Morgan fingerprint density at radius 3 is 2.38 bits per heavy atom. The molecule has 2 aromatic rings. The molecule has 0 saturated carbocycles. The number of halogens is 1. The average molecular weight is 288 g/mol. The van der Waals surface area contributed by atoms with Crippen LogP contribution in [-0.4, -0.2) is 23.3 Å². The van der Waals surface area contributed by atoms with Gasteiger partial charge in [0, 0.05) is 6.54 Å². The van der Waals surface area contributed by atoms with Gasteiger partial charge in [-0.1, -0.05) is 36.4 Å². The van der Waals surface area contributed by atoms with Crippen LogP contribution < -0.4 is 15.5 Å². The predicted octanol–water partition coefficient (Wildman–Crippen LogP) is -0.145. The smallest absolute Gasteiger partial charge is 0.488 e. The van der Waals surface area contributed by atoms with Gasteiger partial charge in [0.05, 0.1) is 5.69 Å². The van der Waals surface area contributed by atoms with E-state index in [1.807, 2.05) is 0 Å². The minimum atomic E-state index is -1.82. The maximum absolute atomic E-state index is 14.0. The Hall–Kier alpha value is -2.38. The topological polar surface area (TPSA) is 83.8 Å². The van der Waals surface area contributed by atoms with Crippen molar-refractivity contribution in [3.8, 4) is 0 Å². The molecule has 0 saturated heterocycles. The van der Waals surface area contributed by atoms with Gasteiger partial charge in [-0.05, 0) is 23.2 Å². The van der Waals surface area contributed by atoms with E-state index < -0.39 is 19.0 Å². The van der Waals surface area contributed by atoms with E-state index in [2.05, 4.69) is 0 Å². The zero-order valence-electron chi connectivity index (χ0n) is 10.9. The van der Waals surface area contributed by atoms with Crippen LogP contribution in [0.2, 0.25) is 0 Å². The molecular weight excluding hydrogens is 276 g/mol. The summed E-state index contributed by atoms with van der Waals surface area (Å²) in [6, 6.07) is 12.0. The van der Waals surface area contributed by atoms with Crippen LogP contribution in [0.3, 0.4) is 0 Å². The lowest BCUT2D eigenvalue weighted by atomic mass is 9.80.